The van der Waals surface area contributed by atoms with Crippen LogP contribution in [-0.4, -0.2) is 30.8 Å². The number of carbonyl (C=O) groups is 1. The van der Waals surface area contributed by atoms with Crippen LogP contribution in [0.15, 0.2) is 35.1 Å². The Kier molecular flexibility index (Phi) is 4.98. The summed E-state index contributed by atoms with van der Waals surface area (Å²) in [6.07, 6.45) is 1.33. The van der Waals surface area contributed by atoms with Crippen LogP contribution in [-0.2, 0) is 4.74 Å². The molecule has 0 aliphatic rings. The van der Waals surface area contributed by atoms with Gasteiger partial charge < -0.3 is 14.2 Å². The first-order chi connectivity index (χ1) is 10.2. The smallest absolute Gasteiger partial charge is 0.343 e. The monoisotopic (exact) mass is 288 g/mol. The maximum Gasteiger partial charge on any atom is 0.343 e. The molecule has 0 aliphatic carbocycles. The van der Waals surface area contributed by atoms with Gasteiger partial charge in [-0.2, -0.15) is 0 Å². The first-order valence-corrected chi connectivity index (χ1v) is 7.18. The molecule has 5 heteroatoms. The number of anilines is 1. The molecule has 5 nitrogen and oxygen atoms in total. The van der Waals surface area contributed by atoms with E-state index in [4.69, 9.17) is 9.26 Å². The Hall–Kier alpha value is -2.30. The highest BCUT2D eigenvalue weighted by Crippen LogP contribution is 2.25. The number of nitrogens with zero attached hydrogens (tertiary/aromatic N) is 2. The third kappa shape index (κ3) is 3.24. The largest absolute Gasteiger partial charge is 0.462 e. The number of ether oxygens (including phenoxy) is 1. The second kappa shape index (κ2) is 6.92. The van der Waals surface area contributed by atoms with Crippen molar-refractivity contribution in [3.05, 3.63) is 36.1 Å². The van der Waals surface area contributed by atoms with Gasteiger partial charge >= 0.3 is 5.97 Å². The lowest BCUT2D eigenvalue weighted by atomic mass is 10.1. The van der Waals surface area contributed by atoms with Crippen LogP contribution in [0.25, 0.3) is 11.3 Å². The SMILES string of the molecule is CCOC(=O)c1conc1-c1ccc(N(CC)CC)cc1. The fourth-order valence-electron chi connectivity index (χ4n) is 2.22. The van der Waals surface area contributed by atoms with Crippen LogP contribution in [0.1, 0.15) is 31.1 Å². The van der Waals surface area contributed by atoms with Crippen molar-refractivity contribution in [2.75, 3.05) is 24.6 Å². The standard InChI is InChI=1S/C16H20N2O3/c1-4-18(5-2)13-9-7-12(8-10-13)15-14(11-21-17-15)16(19)20-6-3/h7-11H,4-6H2,1-3H3. The second-order valence-electron chi connectivity index (χ2n) is 4.52. The molecule has 0 atom stereocenters. The number of hydrogen-bond acceptors (Lipinski definition) is 5. The van der Waals surface area contributed by atoms with Crippen molar-refractivity contribution in [1.82, 2.24) is 5.16 Å². The van der Waals surface area contributed by atoms with E-state index >= 15 is 0 Å². The first-order valence-electron chi connectivity index (χ1n) is 7.18. The van der Waals surface area contributed by atoms with Gasteiger partial charge in [0.1, 0.15) is 17.5 Å². The van der Waals surface area contributed by atoms with Crippen LogP contribution in [0.3, 0.4) is 0 Å². The van der Waals surface area contributed by atoms with Crippen molar-refractivity contribution in [1.29, 1.82) is 0 Å². The highest BCUT2D eigenvalue weighted by atomic mass is 16.5. The highest BCUT2D eigenvalue weighted by molar-refractivity contribution is 5.95. The Morgan fingerprint density at radius 2 is 1.86 bits per heavy atom. The lowest BCUT2D eigenvalue weighted by Crippen LogP contribution is -2.21. The van der Waals surface area contributed by atoms with Crippen LogP contribution in [0.2, 0.25) is 0 Å². The molecule has 2 aromatic rings. The zero-order valence-electron chi connectivity index (χ0n) is 12.6. The summed E-state index contributed by atoms with van der Waals surface area (Å²) in [7, 11) is 0. The summed E-state index contributed by atoms with van der Waals surface area (Å²) in [6.45, 7) is 8.23. The number of aromatic nitrogens is 1. The lowest BCUT2D eigenvalue weighted by Gasteiger charge is -2.20. The third-order valence-corrected chi connectivity index (χ3v) is 3.33. The number of benzene rings is 1. The summed E-state index contributed by atoms with van der Waals surface area (Å²) in [5, 5.41) is 3.92. The van der Waals surface area contributed by atoms with Crippen molar-refractivity contribution in [3.63, 3.8) is 0 Å². The summed E-state index contributed by atoms with van der Waals surface area (Å²) in [5.41, 5.74) is 2.85. The fraction of sp³-hybridized carbons (Fsp3) is 0.375. The molecular weight excluding hydrogens is 268 g/mol. The average Bonchev–Trinajstić information content (AvgIpc) is 2.99. The molecule has 0 saturated heterocycles. The Balaban J connectivity index is 2.27. The van der Waals surface area contributed by atoms with Crippen molar-refractivity contribution in [2.24, 2.45) is 0 Å². The summed E-state index contributed by atoms with van der Waals surface area (Å²) in [6, 6.07) is 7.92. The molecule has 2 rings (SSSR count). The molecule has 1 aromatic carbocycles. The minimum atomic E-state index is -0.415. The summed E-state index contributed by atoms with van der Waals surface area (Å²) in [4.78, 5) is 14.1. The van der Waals surface area contributed by atoms with Crippen molar-refractivity contribution >= 4 is 11.7 Å². The van der Waals surface area contributed by atoms with Gasteiger partial charge in [0.05, 0.1) is 6.61 Å². The predicted molar refractivity (Wildman–Crippen MR) is 81.5 cm³/mol. The lowest BCUT2D eigenvalue weighted by molar-refractivity contribution is 0.0526. The number of hydrogen-bond donors (Lipinski definition) is 0. The van der Waals surface area contributed by atoms with Gasteiger partial charge in [-0.3, -0.25) is 0 Å². The van der Waals surface area contributed by atoms with E-state index in [1.54, 1.807) is 6.92 Å². The molecule has 0 radical (unpaired) electrons. The van der Waals surface area contributed by atoms with Crippen LogP contribution < -0.4 is 4.90 Å². The Morgan fingerprint density at radius 1 is 1.19 bits per heavy atom. The maximum atomic E-state index is 11.8. The van der Waals surface area contributed by atoms with E-state index in [2.05, 4.69) is 23.9 Å². The summed E-state index contributed by atoms with van der Waals surface area (Å²) < 4.78 is 9.92. The van der Waals surface area contributed by atoms with Crippen LogP contribution in [0, 0.1) is 0 Å². The van der Waals surface area contributed by atoms with Crippen LogP contribution >= 0.6 is 0 Å². The Labute approximate surface area is 124 Å². The minimum Gasteiger partial charge on any atom is -0.462 e. The van der Waals surface area contributed by atoms with Gasteiger partial charge in [0.2, 0.25) is 0 Å². The summed E-state index contributed by atoms with van der Waals surface area (Å²) >= 11 is 0. The average molecular weight is 288 g/mol. The molecule has 0 N–H and O–H groups in total. The van der Waals surface area contributed by atoms with E-state index in [-0.39, 0.29) is 0 Å². The van der Waals surface area contributed by atoms with Gasteiger partial charge in [-0.1, -0.05) is 17.3 Å². The van der Waals surface area contributed by atoms with Crippen molar-refractivity contribution < 1.29 is 14.1 Å². The maximum absolute atomic E-state index is 11.8. The van der Waals surface area contributed by atoms with E-state index in [1.165, 1.54) is 6.26 Å². The molecule has 0 amide bonds. The van der Waals surface area contributed by atoms with E-state index in [9.17, 15) is 4.79 Å². The fourth-order valence-corrected chi connectivity index (χ4v) is 2.22. The molecule has 1 aromatic heterocycles. The van der Waals surface area contributed by atoms with Crippen molar-refractivity contribution in [2.45, 2.75) is 20.8 Å². The Morgan fingerprint density at radius 3 is 2.43 bits per heavy atom. The van der Waals surface area contributed by atoms with E-state index in [0.29, 0.717) is 17.9 Å². The topological polar surface area (TPSA) is 55.6 Å². The van der Waals surface area contributed by atoms with Gasteiger partial charge in [0.15, 0.2) is 0 Å². The van der Waals surface area contributed by atoms with Gasteiger partial charge in [0.25, 0.3) is 0 Å². The van der Waals surface area contributed by atoms with E-state index < -0.39 is 5.97 Å². The molecule has 0 aliphatic heterocycles. The van der Waals surface area contributed by atoms with Crippen molar-refractivity contribution in [3.8, 4) is 11.3 Å². The zero-order chi connectivity index (χ0) is 15.2. The second-order valence-corrected chi connectivity index (χ2v) is 4.52. The van der Waals surface area contributed by atoms with Gasteiger partial charge in [0, 0.05) is 24.3 Å². The molecule has 1 heterocycles. The molecule has 0 fully saturated rings. The summed E-state index contributed by atoms with van der Waals surface area (Å²) in [5.74, 6) is -0.415. The van der Waals surface area contributed by atoms with E-state index in [0.717, 1.165) is 24.3 Å². The van der Waals surface area contributed by atoms with E-state index in [1.807, 2.05) is 24.3 Å². The van der Waals surface area contributed by atoms with Crippen LogP contribution in [0.4, 0.5) is 5.69 Å². The minimum absolute atomic E-state index is 0.324. The quantitative estimate of drug-likeness (QED) is 0.763. The molecule has 112 valence electrons. The number of rotatable bonds is 6. The van der Waals surface area contributed by atoms with Gasteiger partial charge in [-0.05, 0) is 32.9 Å². The number of carbonyl (C=O) groups excluding carboxylic acids is 1. The Bertz CT molecular complexity index is 586. The van der Waals surface area contributed by atoms with Gasteiger partial charge in [-0.15, -0.1) is 0 Å². The molecule has 0 unspecified atom stereocenters. The normalized spacial score (nSPS) is 10.4. The molecule has 0 spiro atoms. The predicted octanol–water partition coefficient (Wildman–Crippen LogP) is 3.36. The van der Waals surface area contributed by atoms with Gasteiger partial charge in [-0.25, -0.2) is 4.79 Å². The highest BCUT2D eigenvalue weighted by Gasteiger charge is 2.18. The first kappa shape index (κ1) is 15.1. The molecular formula is C16H20N2O3. The molecule has 21 heavy (non-hydrogen) atoms. The zero-order valence-corrected chi connectivity index (χ0v) is 12.6. The molecule has 0 bridgehead atoms. The third-order valence-electron chi connectivity index (χ3n) is 3.33. The van der Waals surface area contributed by atoms with Crippen LogP contribution in [0.5, 0.6) is 0 Å². The number of esters is 1. The molecule has 0 saturated carbocycles.